The largest absolute Gasteiger partial charge is 0.394 e. The van der Waals surface area contributed by atoms with Crippen LogP contribution in [-0.2, 0) is 10.5 Å². The fourth-order valence-corrected chi connectivity index (χ4v) is 4.54. The molecule has 1 aromatic heterocycles. The van der Waals surface area contributed by atoms with Crippen molar-refractivity contribution in [1.82, 2.24) is 9.55 Å². The van der Waals surface area contributed by atoms with Gasteiger partial charge in [-0.05, 0) is 17.7 Å². The van der Waals surface area contributed by atoms with E-state index in [1.54, 1.807) is 16.7 Å². The first-order valence-corrected chi connectivity index (χ1v) is 10.4. The van der Waals surface area contributed by atoms with Gasteiger partial charge in [-0.25, -0.2) is 4.98 Å². The van der Waals surface area contributed by atoms with E-state index in [-0.39, 0.29) is 0 Å². The monoisotopic (exact) mass is 440 g/mol. The molecule has 0 amide bonds. The Labute approximate surface area is 175 Å². The molecule has 2 aromatic carbocycles. The van der Waals surface area contributed by atoms with E-state index in [1.165, 1.54) is 11.8 Å². The van der Waals surface area contributed by atoms with Gasteiger partial charge in [0.05, 0.1) is 27.7 Å². The maximum atomic E-state index is 10.5. The fraction of sp³-hybridized carbons (Fsp3) is 0.316. The smallest absolute Gasteiger partial charge is 0.171 e. The Morgan fingerprint density at radius 1 is 1.07 bits per heavy atom. The highest BCUT2D eigenvalue weighted by Crippen LogP contribution is 2.39. The van der Waals surface area contributed by atoms with E-state index in [4.69, 9.17) is 27.9 Å². The summed E-state index contributed by atoms with van der Waals surface area (Å²) >= 11 is 13.8. The topological polar surface area (TPSA) is 87.7 Å². The minimum absolute atomic E-state index is 0.349. The second-order valence-electron chi connectivity index (χ2n) is 6.52. The summed E-state index contributed by atoms with van der Waals surface area (Å²) in [4.78, 5) is 4.63. The third kappa shape index (κ3) is 3.64. The highest BCUT2D eigenvalue weighted by atomic mass is 35.5. The van der Waals surface area contributed by atoms with E-state index >= 15 is 0 Å². The van der Waals surface area contributed by atoms with Crippen molar-refractivity contribution in [1.29, 1.82) is 0 Å². The number of rotatable bonds is 5. The minimum Gasteiger partial charge on any atom is -0.394 e. The molecule has 28 heavy (non-hydrogen) atoms. The van der Waals surface area contributed by atoms with Crippen LogP contribution in [0.25, 0.3) is 11.0 Å². The summed E-state index contributed by atoms with van der Waals surface area (Å²) in [7, 11) is 0. The SMILES string of the molecule is OC[C@@H]1O[C@@H](n2c(SCc3ccccc3)nc3cc(Cl)c(Cl)cc32)[C@H](O)[C@@H]1O. The predicted molar refractivity (Wildman–Crippen MR) is 109 cm³/mol. The van der Waals surface area contributed by atoms with E-state index in [0.29, 0.717) is 32.0 Å². The quantitative estimate of drug-likeness (QED) is 0.527. The molecular formula is C19H18Cl2N2O4S. The molecule has 1 saturated heterocycles. The Hall–Kier alpha value is -1.32. The molecule has 0 radical (unpaired) electrons. The van der Waals surface area contributed by atoms with Crippen LogP contribution in [0.5, 0.6) is 0 Å². The van der Waals surface area contributed by atoms with Crippen molar-refractivity contribution in [2.45, 2.75) is 35.4 Å². The van der Waals surface area contributed by atoms with Crippen LogP contribution in [0.4, 0.5) is 0 Å². The maximum absolute atomic E-state index is 10.5. The lowest BCUT2D eigenvalue weighted by Crippen LogP contribution is -2.33. The third-order valence-corrected chi connectivity index (χ3v) is 6.43. The van der Waals surface area contributed by atoms with Crippen LogP contribution in [0.2, 0.25) is 10.0 Å². The molecule has 148 valence electrons. The standard InChI is InChI=1S/C19H18Cl2N2O4S/c20-11-6-13-14(7-12(11)21)23(18-17(26)16(25)15(8-24)27-18)19(22-13)28-9-10-4-2-1-3-5-10/h1-7,15-18,24-26H,8-9H2/t15-,16+,17+,18+/m0/s1. The molecule has 0 spiro atoms. The van der Waals surface area contributed by atoms with Crippen LogP contribution < -0.4 is 0 Å². The van der Waals surface area contributed by atoms with Crippen LogP contribution in [0.1, 0.15) is 11.8 Å². The number of imidazole rings is 1. The average Bonchev–Trinajstić information content (AvgIpc) is 3.18. The molecule has 0 unspecified atom stereocenters. The zero-order valence-corrected chi connectivity index (χ0v) is 16.9. The van der Waals surface area contributed by atoms with E-state index in [1.807, 2.05) is 30.3 Å². The van der Waals surface area contributed by atoms with Crippen LogP contribution in [0.15, 0.2) is 47.6 Å². The summed E-state index contributed by atoms with van der Waals surface area (Å²) < 4.78 is 7.44. The lowest BCUT2D eigenvalue weighted by Gasteiger charge is -2.20. The summed E-state index contributed by atoms with van der Waals surface area (Å²) in [6, 6.07) is 13.2. The summed E-state index contributed by atoms with van der Waals surface area (Å²) in [6.45, 7) is -0.402. The van der Waals surface area contributed by atoms with Gasteiger partial charge < -0.3 is 20.1 Å². The summed E-state index contributed by atoms with van der Waals surface area (Å²) in [6.07, 6.45) is -4.22. The molecule has 6 nitrogen and oxygen atoms in total. The molecule has 0 saturated carbocycles. The summed E-state index contributed by atoms with van der Waals surface area (Å²) in [5.74, 6) is 0.653. The summed E-state index contributed by atoms with van der Waals surface area (Å²) in [5, 5.41) is 31.4. The first kappa shape index (κ1) is 20.0. The van der Waals surface area contributed by atoms with Crippen molar-refractivity contribution in [3.63, 3.8) is 0 Å². The normalized spacial score (nSPS) is 24.9. The van der Waals surface area contributed by atoms with E-state index in [9.17, 15) is 15.3 Å². The Morgan fingerprint density at radius 2 is 1.79 bits per heavy atom. The number of ether oxygens (including phenoxy) is 1. The van der Waals surface area contributed by atoms with E-state index < -0.39 is 31.1 Å². The van der Waals surface area contributed by atoms with Gasteiger partial charge >= 0.3 is 0 Å². The molecule has 3 aromatic rings. The third-order valence-electron chi connectivity index (χ3n) is 4.68. The van der Waals surface area contributed by atoms with E-state index in [2.05, 4.69) is 4.98 Å². The number of fused-ring (bicyclic) bond motifs is 1. The van der Waals surface area contributed by atoms with Gasteiger partial charge in [0, 0.05) is 5.75 Å². The Bertz CT molecular complexity index is 985. The zero-order valence-electron chi connectivity index (χ0n) is 14.6. The molecule has 0 bridgehead atoms. The lowest BCUT2D eigenvalue weighted by atomic mass is 10.1. The fourth-order valence-electron chi connectivity index (χ4n) is 3.23. The molecule has 1 aliphatic heterocycles. The van der Waals surface area contributed by atoms with Gasteiger partial charge in [0.2, 0.25) is 0 Å². The Kier molecular flexibility index (Phi) is 5.85. The maximum Gasteiger partial charge on any atom is 0.171 e. The van der Waals surface area contributed by atoms with Crippen molar-refractivity contribution in [2.24, 2.45) is 0 Å². The van der Waals surface area contributed by atoms with E-state index in [0.717, 1.165) is 5.56 Å². The molecule has 4 rings (SSSR count). The van der Waals surface area contributed by atoms with Gasteiger partial charge in [-0.15, -0.1) is 0 Å². The van der Waals surface area contributed by atoms with Crippen molar-refractivity contribution < 1.29 is 20.1 Å². The van der Waals surface area contributed by atoms with Crippen LogP contribution in [-0.4, -0.2) is 49.8 Å². The average molecular weight is 441 g/mol. The Balaban J connectivity index is 1.76. The number of hydrogen-bond acceptors (Lipinski definition) is 6. The van der Waals surface area contributed by atoms with Gasteiger partial charge in [-0.1, -0.05) is 65.3 Å². The molecule has 4 atom stereocenters. The van der Waals surface area contributed by atoms with Gasteiger partial charge in [-0.2, -0.15) is 0 Å². The molecule has 0 aliphatic carbocycles. The number of aliphatic hydroxyl groups is 3. The first-order chi connectivity index (χ1) is 13.5. The summed E-state index contributed by atoms with van der Waals surface area (Å²) in [5.41, 5.74) is 2.34. The second-order valence-corrected chi connectivity index (χ2v) is 8.28. The van der Waals surface area contributed by atoms with Gasteiger partial charge in [0.1, 0.15) is 18.3 Å². The van der Waals surface area contributed by atoms with Crippen molar-refractivity contribution in [3.8, 4) is 0 Å². The number of halogens is 2. The minimum atomic E-state index is -1.22. The zero-order chi connectivity index (χ0) is 19.8. The molecule has 1 fully saturated rings. The molecule has 9 heteroatoms. The lowest BCUT2D eigenvalue weighted by molar-refractivity contribution is -0.0546. The Morgan fingerprint density at radius 3 is 2.46 bits per heavy atom. The molecule has 2 heterocycles. The second kappa shape index (κ2) is 8.20. The van der Waals surface area contributed by atoms with Gasteiger partial charge in [0.15, 0.2) is 11.4 Å². The van der Waals surface area contributed by atoms with Crippen molar-refractivity contribution in [2.75, 3.05) is 6.61 Å². The number of thioether (sulfide) groups is 1. The number of hydrogen-bond donors (Lipinski definition) is 3. The van der Waals surface area contributed by atoms with Crippen LogP contribution in [0.3, 0.4) is 0 Å². The number of aromatic nitrogens is 2. The molecular weight excluding hydrogens is 423 g/mol. The highest BCUT2D eigenvalue weighted by molar-refractivity contribution is 7.98. The molecule has 1 aliphatic rings. The van der Waals surface area contributed by atoms with Crippen molar-refractivity contribution in [3.05, 3.63) is 58.1 Å². The highest BCUT2D eigenvalue weighted by Gasteiger charge is 2.44. The van der Waals surface area contributed by atoms with Gasteiger partial charge in [-0.3, -0.25) is 4.57 Å². The first-order valence-electron chi connectivity index (χ1n) is 8.65. The number of nitrogens with zero attached hydrogens (tertiary/aromatic N) is 2. The predicted octanol–water partition coefficient (Wildman–Crippen LogP) is 3.25. The van der Waals surface area contributed by atoms with Gasteiger partial charge in [0.25, 0.3) is 0 Å². The van der Waals surface area contributed by atoms with Crippen LogP contribution in [0, 0.1) is 0 Å². The molecule has 3 N–H and O–H groups in total. The number of aliphatic hydroxyl groups excluding tert-OH is 3. The van der Waals surface area contributed by atoms with Crippen LogP contribution >= 0.6 is 35.0 Å². The van der Waals surface area contributed by atoms with Crippen molar-refractivity contribution >= 4 is 46.0 Å². The number of benzene rings is 2.